The molecule has 0 saturated carbocycles. The van der Waals surface area contributed by atoms with Crippen LogP contribution in [0.3, 0.4) is 0 Å². The maximum Gasteiger partial charge on any atom is 0.352 e. The molecule has 21 heavy (non-hydrogen) atoms. The Balaban J connectivity index is 1.90. The minimum atomic E-state index is -0.362. The quantitative estimate of drug-likeness (QED) is 0.859. The number of hydrogen-bond acceptors (Lipinski definition) is 4. The summed E-state index contributed by atoms with van der Waals surface area (Å²) in [6.07, 6.45) is 0. The van der Waals surface area contributed by atoms with Gasteiger partial charge in [0.1, 0.15) is 4.47 Å². The number of fused-ring (bicyclic) bond motifs is 1. The molecule has 2 aromatic rings. The van der Waals surface area contributed by atoms with E-state index in [1.165, 1.54) is 0 Å². The van der Waals surface area contributed by atoms with Crippen molar-refractivity contribution in [1.29, 1.82) is 0 Å². The summed E-state index contributed by atoms with van der Waals surface area (Å²) in [6.45, 7) is 4.69. The van der Waals surface area contributed by atoms with Crippen LogP contribution in [0.1, 0.15) is 29.7 Å². The van der Waals surface area contributed by atoms with Crippen molar-refractivity contribution in [3.63, 3.8) is 0 Å². The van der Waals surface area contributed by atoms with Crippen molar-refractivity contribution in [2.24, 2.45) is 0 Å². The number of hydrogen-bond donors (Lipinski definition) is 1. The van der Waals surface area contributed by atoms with Gasteiger partial charge in [-0.25, -0.2) is 9.80 Å². The average Bonchev–Trinajstić information content (AvgIpc) is 2.75. The van der Waals surface area contributed by atoms with Crippen molar-refractivity contribution in [3.8, 4) is 0 Å². The first-order chi connectivity index (χ1) is 9.97. The SMILES string of the molecule is Cc1c2c(oc(=O)c1Br)NN(Cc1ccc(Cl)cc1)C2C. The molecule has 4 nitrogen and oxygen atoms in total. The van der Waals surface area contributed by atoms with Crippen molar-refractivity contribution in [2.75, 3.05) is 5.43 Å². The van der Waals surface area contributed by atoms with Crippen molar-refractivity contribution in [3.05, 3.63) is 60.9 Å². The Bertz CT molecular complexity index is 743. The third-order valence-electron chi connectivity index (χ3n) is 3.75. The van der Waals surface area contributed by atoms with E-state index in [0.717, 1.165) is 21.7 Å². The van der Waals surface area contributed by atoms with E-state index in [0.29, 0.717) is 16.9 Å². The number of anilines is 1. The van der Waals surface area contributed by atoms with Gasteiger partial charge < -0.3 is 4.42 Å². The molecule has 1 atom stereocenters. The molecule has 0 bridgehead atoms. The zero-order valence-electron chi connectivity index (χ0n) is 11.6. The molecule has 110 valence electrons. The Labute approximate surface area is 135 Å². The molecule has 0 aliphatic carbocycles. The van der Waals surface area contributed by atoms with Gasteiger partial charge in [-0.05, 0) is 53.0 Å². The van der Waals surface area contributed by atoms with Gasteiger partial charge in [0.15, 0.2) is 0 Å². The molecule has 0 radical (unpaired) electrons. The number of halogens is 2. The van der Waals surface area contributed by atoms with Gasteiger partial charge in [-0.1, -0.05) is 23.7 Å². The van der Waals surface area contributed by atoms with Gasteiger partial charge in [0.05, 0.1) is 6.04 Å². The molecule has 0 saturated heterocycles. The normalized spacial score (nSPS) is 17.6. The second-order valence-electron chi connectivity index (χ2n) is 5.11. The minimum absolute atomic E-state index is 0.108. The lowest BCUT2D eigenvalue weighted by Gasteiger charge is -2.21. The fourth-order valence-corrected chi connectivity index (χ4v) is 2.99. The molecule has 3 rings (SSSR count). The number of nitrogens with zero attached hydrogens (tertiary/aromatic N) is 1. The van der Waals surface area contributed by atoms with Crippen LogP contribution >= 0.6 is 27.5 Å². The molecule has 0 amide bonds. The second-order valence-corrected chi connectivity index (χ2v) is 6.34. The van der Waals surface area contributed by atoms with Crippen molar-refractivity contribution in [2.45, 2.75) is 26.4 Å². The standard InChI is InChI=1S/C15H14BrClN2O2/c1-8-12-9(2)19(7-10-3-5-11(17)6-4-10)18-14(12)21-15(20)13(8)16/h3-6,9,18H,7H2,1-2H3. The van der Waals surface area contributed by atoms with E-state index < -0.39 is 0 Å². The van der Waals surface area contributed by atoms with E-state index >= 15 is 0 Å². The molecule has 6 heteroatoms. The summed E-state index contributed by atoms with van der Waals surface area (Å²) in [5.74, 6) is 0.530. The van der Waals surface area contributed by atoms with Crippen LogP contribution in [-0.2, 0) is 6.54 Å². The third-order valence-corrected chi connectivity index (χ3v) is 4.92. The molecule has 1 unspecified atom stereocenters. The first-order valence-electron chi connectivity index (χ1n) is 6.58. The number of benzene rings is 1. The van der Waals surface area contributed by atoms with Crippen LogP contribution in [0.2, 0.25) is 5.02 Å². The van der Waals surface area contributed by atoms with E-state index in [1.807, 2.05) is 36.2 Å². The highest BCUT2D eigenvalue weighted by atomic mass is 79.9. The van der Waals surface area contributed by atoms with Gasteiger partial charge in [0, 0.05) is 17.1 Å². The van der Waals surface area contributed by atoms with E-state index in [1.54, 1.807) is 0 Å². The van der Waals surface area contributed by atoms with Gasteiger partial charge in [0.2, 0.25) is 5.88 Å². The highest BCUT2D eigenvalue weighted by molar-refractivity contribution is 9.10. The van der Waals surface area contributed by atoms with E-state index in [9.17, 15) is 4.79 Å². The topological polar surface area (TPSA) is 45.5 Å². The van der Waals surface area contributed by atoms with E-state index in [2.05, 4.69) is 28.3 Å². The predicted octanol–water partition coefficient (Wildman–Crippen LogP) is 4.27. The number of hydrazine groups is 1. The van der Waals surface area contributed by atoms with Crippen LogP contribution in [-0.4, -0.2) is 5.01 Å². The average molecular weight is 370 g/mol. The lowest BCUT2D eigenvalue weighted by Crippen LogP contribution is -2.26. The molecular formula is C15H14BrClN2O2. The zero-order valence-corrected chi connectivity index (χ0v) is 14.0. The van der Waals surface area contributed by atoms with Gasteiger partial charge in [0.25, 0.3) is 0 Å². The fourth-order valence-electron chi connectivity index (χ4n) is 2.57. The first kappa shape index (κ1) is 14.6. The molecule has 0 fully saturated rings. The minimum Gasteiger partial charge on any atom is -0.404 e. The summed E-state index contributed by atoms with van der Waals surface area (Å²) in [7, 11) is 0. The summed E-state index contributed by atoms with van der Waals surface area (Å²) in [6, 6.07) is 7.81. The highest BCUT2D eigenvalue weighted by Gasteiger charge is 2.32. The third kappa shape index (κ3) is 2.61. The molecule has 1 aliphatic rings. The first-order valence-corrected chi connectivity index (χ1v) is 7.75. The Morgan fingerprint density at radius 1 is 1.38 bits per heavy atom. The summed E-state index contributed by atoms with van der Waals surface area (Å²) in [5, 5.41) is 2.76. The maximum atomic E-state index is 11.7. The Morgan fingerprint density at radius 2 is 2.05 bits per heavy atom. The zero-order chi connectivity index (χ0) is 15.1. The van der Waals surface area contributed by atoms with Crippen LogP contribution in [0.5, 0.6) is 0 Å². The molecule has 1 aliphatic heterocycles. The lowest BCUT2D eigenvalue weighted by molar-refractivity contribution is 0.267. The molecular weight excluding hydrogens is 356 g/mol. The fraction of sp³-hybridized carbons (Fsp3) is 0.267. The highest BCUT2D eigenvalue weighted by Crippen LogP contribution is 2.38. The molecule has 1 aromatic carbocycles. The Morgan fingerprint density at radius 3 is 2.71 bits per heavy atom. The smallest absolute Gasteiger partial charge is 0.352 e. The molecule has 1 N–H and O–H groups in total. The summed E-state index contributed by atoms with van der Waals surface area (Å²) >= 11 is 9.19. The lowest BCUT2D eigenvalue weighted by atomic mass is 10.1. The van der Waals surface area contributed by atoms with E-state index in [-0.39, 0.29) is 11.7 Å². The van der Waals surface area contributed by atoms with Crippen LogP contribution < -0.4 is 11.1 Å². The maximum absolute atomic E-state index is 11.7. The van der Waals surface area contributed by atoms with Crippen LogP contribution in [0.4, 0.5) is 5.88 Å². The predicted molar refractivity (Wildman–Crippen MR) is 86.4 cm³/mol. The molecule has 2 heterocycles. The van der Waals surface area contributed by atoms with Gasteiger partial charge in [-0.15, -0.1) is 0 Å². The Kier molecular flexibility index (Phi) is 3.82. The van der Waals surface area contributed by atoms with Crippen LogP contribution in [0.25, 0.3) is 0 Å². The number of nitrogens with one attached hydrogen (secondary N) is 1. The van der Waals surface area contributed by atoms with Crippen molar-refractivity contribution < 1.29 is 4.42 Å². The largest absolute Gasteiger partial charge is 0.404 e. The second kappa shape index (κ2) is 5.48. The van der Waals surface area contributed by atoms with Gasteiger partial charge in [-0.2, -0.15) is 0 Å². The van der Waals surface area contributed by atoms with Crippen LogP contribution in [0, 0.1) is 6.92 Å². The van der Waals surface area contributed by atoms with Crippen LogP contribution in [0.15, 0.2) is 37.9 Å². The van der Waals surface area contributed by atoms with Gasteiger partial charge >= 0.3 is 5.63 Å². The molecule has 0 spiro atoms. The van der Waals surface area contributed by atoms with Crippen molar-refractivity contribution in [1.82, 2.24) is 5.01 Å². The van der Waals surface area contributed by atoms with Crippen molar-refractivity contribution >= 4 is 33.4 Å². The van der Waals surface area contributed by atoms with E-state index in [4.69, 9.17) is 16.0 Å². The summed E-state index contributed by atoms with van der Waals surface area (Å²) < 4.78 is 5.80. The monoisotopic (exact) mass is 368 g/mol. The summed E-state index contributed by atoms with van der Waals surface area (Å²) in [5.41, 5.74) is 5.86. The summed E-state index contributed by atoms with van der Waals surface area (Å²) in [4.78, 5) is 11.7. The van der Waals surface area contributed by atoms with Gasteiger partial charge in [-0.3, -0.25) is 5.43 Å². The number of rotatable bonds is 2. The Hall–Kier alpha value is -1.30. The molecule has 1 aromatic heterocycles.